The van der Waals surface area contributed by atoms with Crippen LogP contribution in [0.25, 0.3) is 0 Å². The Morgan fingerprint density at radius 2 is 1.93 bits per heavy atom. The van der Waals surface area contributed by atoms with Crippen molar-refractivity contribution in [2.24, 2.45) is 11.8 Å². The van der Waals surface area contributed by atoms with Gasteiger partial charge in [-0.3, -0.25) is 9.59 Å². The van der Waals surface area contributed by atoms with Gasteiger partial charge in [-0.05, 0) is 37.1 Å². The summed E-state index contributed by atoms with van der Waals surface area (Å²) in [5.41, 5.74) is 0.378. The van der Waals surface area contributed by atoms with Crippen LogP contribution >= 0.6 is 0 Å². The molecule has 0 bridgehead atoms. The average Bonchev–Trinajstić information content (AvgIpc) is 3.35. The lowest BCUT2D eigenvalue weighted by atomic mass is 9.75. The summed E-state index contributed by atoms with van der Waals surface area (Å²) in [5.74, 6) is 1.65. The van der Waals surface area contributed by atoms with Crippen molar-refractivity contribution in [3.05, 3.63) is 48.3 Å². The first kappa shape index (κ1) is 18.8. The molecule has 4 heterocycles. The molecule has 3 aliphatic heterocycles. The van der Waals surface area contributed by atoms with Crippen LogP contribution in [0.5, 0.6) is 5.75 Å². The quantitative estimate of drug-likeness (QED) is 0.826. The molecule has 8 heteroatoms. The van der Waals surface area contributed by atoms with Crippen molar-refractivity contribution in [2.45, 2.75) is 18.4 Å². The van der Waals surface area contributed by atoms with Crippen LogP contribution in [0.15, 0.2) is 42.7 Å². The summed E-state index contributed by atoms with van der Waals surface area (Å²) in [7, 11) is 1.60. The van der Waals surface area contributed by atoms with Gasteiger partial charge in [0.2, 0.25) is 11.9 Å². The van der Waals surface area contributed by atoms with E-state index < -0.39 is 0 Å². The number of anilines is 1. The lowest BCUT2D eigenvalue weighted by molar-refractivity contribution is -0.122. The maximum absolute atomic E-state index is 13.0. The Labute approximate surface area is 175 Å². The number of methoxy groups -OCH3 is 1. The van der Waals surface area contributed by atoms with Crippen LogP contribution in [0.3, 0.4) is 0 Å². The fourth-order valence-electron chi connectivity index (χ4n) is 5.22. The first-order chi connectivity index (χ1) is 14.6. The summed E-state index contributed by atoms with van der Waals surface area (Å²) in [5, 5.41) is 3.30. The van der Waals surface area contributed by atoms with Crippen molar-refractivity contribution >= 4 is 17.8 Å². The van der Waals surface area contributed by atoms with Gasteiger partial charge in [-0.25, -0.2) is 9.97 Å². The molecule has 0 unspecified atom stereocenters. The minimum absolute atomic E-state index is 0.00959. The van der Waals surface area contributed by atoms with Crippen LogP contribution < -0.4 is 15.0 Å². The molecular formula is C22H25N5O3. The van der Waals surface area contributed by atoms with E-state index in [9.17, 15) is 9.59 Å². The van der Waals surface area contributed by atoms with Crippen LogP contribution in [0, 0.1) is 11.8 Å². The third-order valence-corrected chi connectivity index (χ3v) is 6.83. The molecule has 1 aromatic heterocycles. The Hall–Kier alpha value is -3.16. The molecule has 2 amide bonds. The molecule has 1 N–H and O–H groups in total. The van der Waals surface area contributed by atoms with Gasteiger partial charge in [0.25, 0.3) is 5.91 Å². The fourth-order valence-corrected chi connectivity index (χ4v) is 5.22. The van der Waals surface area contributed by atoms with Crippen LogP contribution in [0.4, 0.5) is 5.95 Å². The highest BCUT2D eigenvalue weighted by atomic mass is 16.5. The fraction of sp³-hybridized carbons (Fsp3) is 0.455. The summed E-state index contributed by atoms with van der Waals surface area (Å²) < 4.78 is 5.24. The number of rotatable bonds is 3. The van der Waals surface area contributed by atoms with Crippen LogP contribution in [-0.2, 0) is 4.79 Å². The molecule has 0 radical (unpaired) electrons. The van der Waals surface area contributed by atoms with Gasteiger partial charge in [-0.1, -0.05) is 6.07 Å². The first-order valence-corrected chi connectivity index (χ1v) is 10.4. The third kappa shape index (κ3) is 3.07. The zero-order valence-corrected chi connectivity index (χ0v) is 17.0. The molecule has 1 spiro atoms. The number of aromatic nitrogens is 2. The van der Waals surface area contributed by atoms with Crippen molar-refractivity contribution in [2.75, 3.05) is 38.2 Å². The first-order valence-electron chi connectivity index (χ1n) is 10.4. The maximum atomic E-state index is 13.0. The molecule has 5 rings (SSSR count). The van der Waals surface area contributed by atoms with E-state index in [1.54, 1.807) is 31.6 Å². The summed E-state index contributed by atoms with van der Waals surface area (Å²) in [6.45, 7) is 2.66. The molecule has 3 saturated heterocycles. The number of nitrogens with zero attached hydrogens (tertiary/aromatic N) is 4. The molecule has 2 aromatic rings. The molecule has 8 nitrogen and oxygen atoms in total. The smallest absolute Gasteiger partial charge is 0.253 e. The van der Waals surface area contributed by atoms with Crippen LogP contribution in [-0.4, -0.2) is 65.5 Å². The zero-order chi connectivity index (χ0) is 20.7. The Bertz CT molecular complexity index is 958. The predicted octanol–water partition coefficient (Wildman–Crippen LogP) is 1.34. The number of hydrogen-bond acceptors (Lipinski definition) is 6. The van der Waals surface area contributed by atoms with Crippen molar-refractivity contribution in [3.8, 4) is 5.75 Å². The molecule has 2 atom stereocenters. The number of likely N-dealkylation sites (tertiary alicyclic amines) is 1. The monoisotopic (exact) mass is 407 g/mol. The Morgan fingerprint density at radius 1 is 1.17 bits per heavy atom. The number of piperidine rings is 1. The van der Waals surface area contributed by atoms with Gasteiger partial charge >= 0.3 is 0 Å². The number of amides is 2. The van der Waals surface area contributed by atoms with Gasteiger partial charge in [-0.2, -0.15) is 0 Å². The van der Waals surface area contributed by atoms with E-state index in [0.29, 0.717) is 36.9 Å². The minimum atomic E-state index is -0.254. The van der Waals surface area contributed by atoms with Gasteiger partial charge in [-0.15, -0.1) is 0 Å². The lowest BCUT2D eigenvalue weighted by Crippen LogP contribution is -2.56. The highest BCUT2D eigenvalue weighted by Gasteiger charge is 2.57. The third-order valence-electron chi connectivity index (χ3n) is 6.83. The molecule has 3 fully saturated rings. The topological polar surface area (TPSA) is 87.7 Å². The number of nitrogens with one attached hydrogen (secondary N) is 1. The van der Waals surface area contributed by atoms with Crippen molar-refractivity contribution in [3.63, 3.8) is 0 Å². The van der Waals surface area contributed by atoms with Gasteiger partial charge < -0.3 is 19.9 Å². The largest absolute Gasteiger partial charge is 0.497 e. The summed E-state index contributed by atoms with van der Waals surface area (Å²) >= 11 is 0. The van der Waals surface area contributed by atoms with Crippen molar-refractivity contribution < 1.29 is 14.3 Å². The number of benzene rings is 1. The molecule has 0 aliphatic carbocycles. The van der Waals surface area contributed by atoms with E-state index in [4.69, 9.17) is 4.74 Å². The van der Waals surface area contributed by atoms with Gasteiger partial charge in [0.15, 0.2) is 0 Å². The zero-order valence-electron chi connectivity index (χ0n) is 17.0. The van der Waals surface area contributed by atoms with Crippen molar-refractivity contribution in [1.82, 2.24) is 20.2 Å². The summed E-state index contributed by atoms with van der Waals surface area (Å²) in [6.07, 6.45) is 4.99. The summed E-state index contributed by atoms with van der Waals surface area (Å²) in [6, 6.07) is 9.05. The number of hydrogen-bond donors (Lipinski definition) is 1. The SMILES string of the molecule is COc1cccc(C(=O)N2CCC3(CC2)NC(=O)[C@@H]2CN(c4ncccn4)C[C@@H]23)c1. The predicted molar refractivity (Wildman–Crippen MR) is 110 cm³/mol. The van der Waals surface area contributed by atoms with Crippen LogP contribution in [0.2, 0.25) is 0 Å². The summed E-state index contributed by atoms with van der Waals surface area (Å²) in [4.78, 5) is 38.4. The van der Waals surface area contributed by atoms with E-state index in [2.05, 4.69) is 20.2 Å². The standard InChI is InChI=1S/C22H25N5O3/c1-30-16-5-2-4-15(12-16)20(29)26-10-6-22(7-11-26)18-14-27(13-17(18)19(28)25-22)21-23-8-3-9-24-21/h2-5,8-9,12,17-18H,6-7,10-11,13-14H2,1H3,(H,25,28)/t17-,18+/m1/s1. The number of fused-ring (bicyclic) bond motifs is 2. The van der Waals surface area contributed by atoms with Gasteiger partial charge in [0, 0.05) is 55.6 Å². The van der Waals surface area contributed by atoms with Gasteiger partial charge in [0.05, 0.1) is 13.0 Å². The molecule has 0 saturated carbocycles. The second-order valence-corrected chi connectivity index (χ2v) is 8.34. The highest BCUT2D eigenvalue weighted by Crippen LogP contribution is 2.44. The molecule has 156 valence electrons. The Morgan fingerprint density at radius 3 is 2.67 bits per heavy atom. The average molecular weight is 407 g/mol. The normalized spacial score (nSPS) is 24.6. The molecular weight excluding hydrogens is 382 g/mol. The van der Waals surface area contributed by atoms with Gasteiger partial charge in [0.1, 0.15) is 5.75 Å². The minimum Gasteiger partial charge on any atom is -0.497 e. The van der Waals surface area contributed by atoms with E-state index in [1.165, 1.54) is 0 Å². The van der Waals surface area contributed by atoms with E-state index in [0.717, 1.165) is 19.4 Å². The molecule has 3 aliphatic rings. The highest BCUT2D eigenvalue weighted by molar-refractivity contribution is 5.94. The van der Waals surface area contributed by atoms with Crippen molar-refractivity contribution in [1.29, 1.82) is 0 Å². The number of ether oxygens (including phenoxy) is 1. The lowest BCUT2D eigenvalue weighted by Gasteiger charge is -2.42. The second kappa shape index (κ2) is 7.27. The van der Waals surface area contributed by atoms with E-state index >= 15 is 0 Å². The Kier molecular flexibility index (Phi) is 4.56. The molecule has 1 aromatic carbocycles. The number of carbonyl (C=O) groups excluding carboxylic acids is 2. The molecule has 30 heavy (non-hydrogen) atoms. The van der Waals surface area contributed by atoms with Crippen LogP contribution in [0.1, 0.15) is 23.2 Å². The Balaban J connectivity index is 1.29. The van der Waals surface area contributed by atoms with E-state index in [-0.39, 0.29) is 29.2 Å². The maximum Gasteiger partial charge on any atom is 0.253 e. The van der Waals surface area contributed by atoms with E-state index in [1.807, 2.05) is 23.1 Å². The second-order valence-electron chi connectivity index (χ2n) is 8.34. The number of carbonyl (C=O) groups is 2.